The Kier molecular flexibility index (Phi) is 6.86. The zero-order valence-electron chi connectivity index (χ0n) is 18.0. The molecule has 1 atom stereocenters. The van der Waals surface area contributed by atoms with Gasteiger partial charge in [-0.15, -0.1) is 0 Å². The fourth-order valence-corrected chi connectivity index (χ4v) is 3.43. The topological polar surface area (TPSA) is 152 Å². The third-order valence-electron chi connectivity index (χ3n) is 5.13. The quantitative estimate of drug-likeness (QED) is 0.350. The van der Waals surface area contributed by atoms with Gasteiger partial charge in [-0.05, 0) is 48.1 Å². The molecule has 2 aromatic heterocycles. The highest BCUT2D eigenvalue weighted by molar-refractivity contribution is 5.90. The summed E-state index contributed by atoms with van der Waals surface area (Å²) in [6, 6.07) is 7.34. The van der Waals surface area contributed by atoms with Gasteiger partial charge in [-0.25, -0.2) is 4.98 Å². The number of aryl methyl sites for hydroxylation is 1. The van der Waals surface area contributed by atoms with Crippen LogP contribution in [0.15, 0.2) is 30.5 Å². The first-order valence-corrected chi connectivity index (χ1v) is 10.2. The molecule has 0 spiro atoms. The van der Waals surface area contributed by atoms with Crippen LogP contribution in [0.1, 0.15) is 37.0 Å². The molecule has 9 nitrogen and oxygen atoms in total. The van der Waals surface area contributed by atoms with Crippen LogP contribution >= 0.6 is 0 Å². The summed E-state index contributed by atoms with van der Waals surface area (Å²) < 4.78 is 0. The van der Waals surface area contributed by atoms with Crippen LogP contribution in [-0.4, -0.2) is 32.1 Å². The second-order valence-electron chi connectivity index (χ2n) is 8.03. The average Bonchev–Trinajstić information content (AvgIpc) is 2.70. The molecule has 0 saturated carbocycles. The monoisotopic (exact) mass is 423 g/mol. The van der Waals surface area contributed by atoms with Crippen molar-refractivity contribution in [2.45, 2.75) is 46.3 Å². The van der Waals surface area contributed by atoms with E-state index in [2.05, 4.69) is 25.6 Å². The Hall–Kier alpha value is -3.46. The lowest BCUT2D eigenvalue weighted by Gasteiger charge is -2.16. The van der Waals surface area contributed by atoms with Gasteiger partial charge < -0.3 is 27.2 Å². The minimum absolute atomic E-state index is 0.108. The molecule has 0 aliphatic rings. The Bertz CT molecular complexity index is 1070. The van der Waals surface area contributed by atoms with Gasteiger partial charge in [0.15, 0.2) is 5.65 Å². The molecule has 0 amide bonds. The number of carbonyl (C=O) groups is 1. The third kappa shape index (κ3) is 5.58. The number of nitrogen functional groups attached to an aromatic ring is 2. The first-order valence-electron chi connectivity index (χ1n) is 10.2. The van der Waals surface area contributed by atoms with E-state index in [0.717, 1.165) is 22.4 Å². The van der Waals surface area contributed by atoms with E-state index in [-0.39, 0.29) is 5.95 Å². The van der Waals surface area contributed by atoms with E-state index in [4.69, 9.17) is 11.5 Å². The molecule has 3 aromatic rings. The van der Waals surface area contributed by atoms with Crippen LogP contribution in [0.2, 0.25) is 0 Å². The molecule has 164 valence electrons. The number of rotatable bonds is 9. The van der Waals surface area contributed by atoms with Gasteiger partial charge in [0.1, 0.15) is 11.9 Å². The van der Waals surface area contributed by atoms with Gasteiger partial charge in [-0.2, -0.15) is 9.97 Å². The Balaban J connectivity index is 1.63. The van der Waals surface area contributed by atoms with Crippen molar-refractivity contribution in [3.05, 3.63) is 47.2 Å². The van der Waals surface area contributed by atoms with E-state index in [1.165, 1.54) is 0 Å². The third-order valence-corrected chi connectivity index (χ3v) is 5.13. The maximum absolute atomic E-state index is 11.4. The number of nitrogens with zero attached hydrogens (tertiary/aromatic N) is 3. The van der Waals surface area contributed by atoms with E-state index in [1.54, 1.807) is 6.20 Å². The van der Waals surface area contributed by atoms with Gasteiger partial charge in [0.2, 0.25) is 5.95 Å². The van der Waals surface area contributed by atoms with E-state index >= 15 is 0 Å². The van der Waals surface area contributed by atoms with Crippen LogP contribution in [0.5, 0.6) is 0 Å². The number of aromatic nitrogens is 3. The van der Waals surface area contributed by atoms with Crippen molar-refractivity contribution in [2.24, 2.45) is 5.92 Å². The number of nitrogens with one attached hydrogen (secondary N) is 2. The van der Waals surface area contributed by atoms with E-state index in [9.17, 15) is 9.90 Å². The molecule has 31 heavy (non-hydrogen) atoms. The van der Waals surface area contributed by atoms with Crippen LogP contribution in [0.25, 0.3) is 11.0 Å². The molecule has 1 aromatic carbocycles. The molecule has 0 fully saturated rings. The predicted molar refractivity (Wildman–Crippen MR) is 122 cm³/mol. The molecule has 0 saturated heterocycles. The smallest absolute Gasteiger partial charge is 0.320 e. The van der Waals surface area contributed by atoms with Crippen LogP contribution < -0.4 is 22.1 Å². The van der Waals surface area contributed by atoms with Crippen molar-refractivity contribution in [3.63, 3.8) is 0 Å². The van der Waals surface area contributed by atoms with Gasteiger partial charge in [0, 0.05) is 25.0 Å². The molecule has 0 aliphatic carbocycles. The van der Waals surface area contributed by atoms with Crippen LogP contribution in [0, 0.1) is 12.8 Å². The number of carboxylic acids is 1. The minimum atomic E-state index is -0.819. The highest BCUT2D eigenvalue weighted by atomic mass is 16.4. The molecular weight excluding hydrogens is 394 g/mol. The average molecular weight is 424 g/mol. The Labute approximate surface area is 181 Å². The number of fused-ring (bicyclic) bond motifs is 1. The van der Waals surface area contributed by atoms with Gasteiger partial charge in [-0.1, -0.05) is 26.0 Å². The number of carboxylic acid groups (broad SMARTS) is 1. The van der Waals surface area contributed by atoms with Gasteiger partial charge in [-0.3, -0.25) is 4.79 Å². The maximum atomic E-state index is 11.4. The zero-order chi connectivity index (χ0) is 22.5. The first kappa shape index (κ1) is 22.2. The van der Waals surface area contributed by atoms with Crippen LogP contribution in [0.4, 0.5) is 17.5 Å². The second-order valence-corrected chi connectivity index (χ2v) is 8.03. The van der Waals surface area contributed by atoms with Crippen LogP contribution in [0.3, 0.4) is 0 Å². The summed E-state index contributed by atoms with van der Waals surface area (Å²) in [6.07, 6.45) is 2.35. The second kappa shape index (κ2) is 9.57. The molecule has 0 aliphatic heterocycles. The Morgan fingerprint density at radius 3 is 2.48 bits per heavy atom. The minimum Gasteiger partial charge on any atom is -0.480 e. The summed E-state index contributed by atoms with van der Waals surface area (Å²) in [7, 11) is 0. The molecular formula is C22H29N7O2. The highest BCUT2D eigenvalue weighted by Gasteiger charge is 2.18. The summed E-state index contributed by atoms with van der Waals surface area (Å²) in [5.41, 5.74) is 16.1. The number of pyridine rings is 1. The van der Waals surface area contributed by atoms with E-state index < -0.39 is 12.0 Å². The van der Waals surface area contributed by atoms with Gasteiger partial charge in [0.05, 0.1) is 5.39 Å². The Morgan fingerprint density at radius 2 is 1.84 bits per heavy atom. The highest BCUT2D eigenvalue weighted by Crippen LogP contribution is 2.24. The summed E-state index contributed by atoms with van der Waals surface area (Å²) in [6.45, 7) is 7.05. The zero-order valence-corrected chi connectivity index (χ0v) is 18.0. The lowest BCUT2D eigenvalue weighted by atomic mass is 10.0. The van der Waals surface area contributed by atoms with Gasteiger partial charge in [0.25, 0.3) is 0 Å². The van der Waals surface area contributed by atoms with Crippen LogP contribution in [-0.2, 0) is 17.9 Å². The molecule has 3 rings (SSSR count). The fraction of sp³-hybridized carbons (Fsp3) is 0.364. The summed E-state index contributed by atoms with van der Waals surface area (Å²) in [4.78, 5) is 23.9. The summed E-state index contributed by atoms with van der Waals surface area (Å²) in [5, 5.41) is 16.5. The lowest BCUT2D eigenvalue weighted by molar-refractivity contribution is -0.140. The van der Waals surface area contributed by atoms with Crippen molar-refractivity contribution >= 4 is 34.5 Å². The Morgan fingerprint density at radius 1 is 1.13 bits per heavy atom. The number of aliphatic carboxylic acids is 1. The standard InChI is InChI=1S/C22H29N7O2/c1-12(2)8-17(21(30)31)26-9-14-4-6-16(7-5-14)25-10-15-11-27-20-18(13(15)3)19(23)28-22(24)29-20/h4-7,11-12,17,25-26H,8-10H2,1-3H3,(H,30,31)(H4,23,24,27,28,29)/t17-/m0/s1. The first-order chi connectivity index (χ1) is 14.7. The number of hydrogen-bond acceptors (Lipinski definition) is 8. The molecule has 0 radical (unpaired) electrons. The number of anilines is 3. The van der Waals surface area contributed by atoms with E-state index in [0.29, 0.717) is 42.3 Å². The fourth-order valence-electron chi connectivity index (χ4n) is 3.43. The van der Waals surface area contributed by atoms with Crippen molar-refractivity contribution in [3.8, 4) is 0 Å². The van der Waals surface area contributed by atoms with Gasteiger partial charge >= 0.3 is 5.97 Å². The summed E-state index contributed by atoms with van der Waals surface area (Å²) >= 11 is 0. The molecule has 0 bridgehead atoms. The van der Waals surface area contributed by atoms with Crippen molar-refractivity contribution < 1.29 is 9.90 Å². The molecule has 9 heteroatoms. The lowest BCUT2D eigenvalue weighted by Crippen LogP contribution is -2.37. The largest absolute Gasteiger partial charge is 0.480 e. The SMILES string of the molecule is Cc1c(CNc2ccc(CN[C@@H](CC(C)C)C(=O)O)cc2)cnc2nc(N)nc(N)c12. The number of hydrogen-bond donors (Lipinski definition) is 5. The predicted octanol–water partition coefficient (Wildman–Crippen LogP) is 2.70. The number of benzene rings is 1. The number of nitrogens with two attached hydrogens (primary N) is 2. The van der Waals surface area contributed by atoms with Crippen molar-refractivity contribution in [2.75, 3.05) is 16.8 Å². The maximum Gasteiger partial charge on any atom is 0.320 e. The molecule has 7 N–H and O–H groups in total. The normalized spacial score (nSPS) is 12.3. The van der Waals surface area contributed by atoms with Crippen molar-refractivity contribution in [1.29, 1.82) is 0 Å². The molecule has 0 unspecified atom stereocenters. The summed E-state index contributed by atoms with van der Waals surface area (Å²) in [5.74, 6) is -0.0767. The molecule has 2 heterocycles. The van der Waals surface area contributed by atoms with Crippen molar-refractivity contribution in [1.82, 2.24) is 20.3 Å². The van der Waals surface area contributed by atoms with E-state index in [1.807, 2.05) is 45.0 Å².